The van der Waals surface area contributed by atoms with E-state index in [2.05, 4.69) is 5.32 Å². The molecule has 1 aromatic carbocycles. The lowest BCUT2D eigenvalue weighted by Gasteiger charge is -2.19. The van der Waals surface area contributed by atoms with E-state index in [1.165, 1.54) is 12.8 Å². The monoisotopic (exact) mass is 322 g/mol. The molecular formula is C17H23ClN2O2. The molecule has 3 N–H and O–H groups in total. The summed E-state index contributed by atoms with van der Waals surface area (Å²) in [5, 5.41) is 3.58. The summed E-state index contributed by atoms with van der Waals surface area (Å²) in [6.45, 7) is 0.468. The van der Waals surface area contributed by atoms with Gasteiger partial charge in [0.25, 0.3) is 5.91 Å². The van der Waals surface area contributed by atoms with Crippen molar-refractivity contribution in [3.63, 3.8) is 0 Å². The molecule has 120 valence electrons. The largest absolute Gasteiger partial charge is 0.490 e. The summed E-state index contributed by atoms with van der Waals surface area (Å²) in [5.41, 5.74) is 6.28. The summed E-state index contributed by atoms with van der Waals surface area (Å²) in [5.74, 6) is 1.01. The molecule has 0 aliphatic heterocycles. The standard InChI is InChI=1S/C17H23ClN2O2/c18-12-7-8-16(22-13-3-1-2-4-13)14(9-12)17(21)20-15(10-19)11-5-6-11/h7-9,11,13,15H,1-6,10,19H2,(H,20,21). The van der Waals surface area contributed by atoms with E-state index in [4.69, 9.17) is 22.1 Å². The lowest BCUT2D eigenvalue weighted by molar-refractivity contribution is 0.0926. The highest BCUT2D eigenvalue weighted by Crippen LogP contribution is 2.33. The molecule has 2 saturated carbocycles. The first-order chi connectivity index (χ1) is 10.7. The van der Waals surface area contributed by atoms with E-state index in [0.29, 0.717) is 28.8 Å². The second-order valence-electron chi connectivity index (χ2n) is 6.32. The highest BCUT2D eigenvalue weighted by atomic mass is 35.5. The topological polar surface area (TPSA) is 64.3 Å². The Hall–Kier alpha value is -1.26. The maximum absolute atomic E-state index is 12.6. The molecule has 2 fully saturated rings. The highest BCUT2D eigenvalue weighted by molar-refractivity contribution is 6.31. The molecule has 0 aromatic heterocycles. The number of ether oxygens (including phenoxy) is 1. The number of hydrogen-bond acceptors (Lipinski definition) is 3. The van der Waals surface area contributed by atoms with Crippen LogP contribution in [0.4, 0.5) is 0 Å². The Morgan fingerprint density at radius 2 is 2.05 bits per heavy atom. The molecule has 3 rings (SSSR count). The molecule has 2 aliphatic rings. The van der Waals surface area contributed by atoms with Crippen LogP contribution in [0.5, 0.6) is 5.75 Å². The van der Waals surface area contributed by atoms with Gasteiger partial charge in [0, 0.05) is 17.6 Å². The van der Waals surface area contributed by atoms with Crippen LogP contribution >= 0.6 is 11.6 Å². The number of carbonyl (C=O) groups excluding carboxylic acids is 1. The Morgan fingerprint density at radius 3 is 2.68 bits per heavy atom. The fourth-order valence-corrected chi connectivity index (χ4v) is 3.25. The number of nitrogens with one attached hydrogen (secondary N) is 1. The van der Waals surface area contributed by atoms with Crippen LogP contribution in [0.1, 0.15) is 48.9 Å². The van der Waals surface area contributed by atoms with Gasteiger partial charge in [-0.05, 0) is 62.6 Å². The van der Waals surface area contributed by atoms with Crippen LogP contribution in [-0.4, -0.2) is 24.6 Å². The van der Waals surface area contributed by atoms with Crippen molar-refractivity contribution in [1.82, 2.24) is 5.32 Å². The average Bonchev–Trinajstić information content (AvgIpc) is 3.23. The van der Waals surface area contributed by atoms with Crippen molar-refractivity contribution in [3.05, 3.63) is 28.8 Å². The van der Waals surface area contributed by atoms with Crippen molar-refractivity contribution < 1.29 is 9.53 Å². The third-order valence-electron chi connectivity index (χ3n) is 4.54. The molecule has 2 aliphatic carbocycles. The average molecular weight is 323 g/mol. The Bertz CT molecular complexity index is 539. The van der Waals surface area contributed by atoms with Crippen LogP contribution in [-0.2, 0) is 0 Å². The first kappa shape index (κ1) is 15.6. The van der Waals surface area contributed by atoms with Crippen molar-refractivity contribution >= 4 is 17.5 Å². The second-order valence-corrected chi connectivity index (χ2v) is 6.75. The minimum atomic E-state index is -0.141. The predicted molar refractivity (Wildman–Crippen MR) is 87.4 cm³/mol. The van der Waals surface area contributed by atoms with E-state index in [1.54, 1.807) is 18.2 Å². The van der Waals surface area contributed by atoms with Gasteiger partial charge in [0.15, 0.2) is 0 Å². The summed E-state index contributed by atoms with van der Waals surface area (Å²) < 4.78 is 6.02. The fraction of sp³-hybridized carbons (Fsp3) is 0.588. The number of carbonyl (C=O) groups is 1. The van der Waals surface area contributed by atoms with Crippen LogP contribution < -0.4 is 15.8 Å². The Kier molecular flexibility index (Phi) is 4.89. The normalized spacial score (nSPS) is 19.9. The van der Waals surface area contributed by atoms with Crippen LogP contribution in [0, 0.1) is 5.92 Å². The smallest absolute Gasteiger partial charge is 0.255 e. The van der Waals surface area contributed by atoms with Crippen LogP contribution in [0.2, 0.25) is 5.02 Å². The van der Waals surface area contributed by atoms with Crippen molar-refractivity contribution in [2.45, 2.75) is 50.7 Å². The lowest BCUT2D eigenvalue weighted by atomic mass is 10.1. The van der Waals surface area contributed by atoms with E-state index in [0.717, 1.165) is 25.7 Å². The van der Waals surface area contributed by atoms with Crippen LogP contribution in [0.25, 0.3) is 0 Å². The van der Waals surface area contributed by atoms with Crippen molar-refractivity contribution in [2.75, 3.05) is 6.54 Å². The zero-order chi connectivity index (χ0) is 15.5. The van der Waals surface area contributed by atoms with Gasteiger partial charge in [-0.15, -0.1) is 0 Å². The molecule has 0 heterocycles. The summed E-state index contributed by atoms with van der Waals surface area (Å²) in [6.07, 6.45) is 6.98. The number of amides is 1. The zero-order valence-corrected chi connectivity index (χ0v) is 13.4. The summed E-state index contributed by atoms with van der Waals surface area (Å²) in [6, 6.07) is 5.29. The molecule has 5 heteroatoms. The quantitative estimate of drug-likeness (QED) is 0.845. The highest BCUT2D eigenvalue weighted by Gasteiger charge is 2.32. The minimum absolute atomic E-state index is 0.0470. The third kappa shape index (κ3) is 3.73. The maximum atomic E-state index is 12.6. The SMILES string of the molecule is NCC(NC(=O)c1cc(Cl)ccc1OC1CCCC1)C1CC1. The number of hydrogen-bond donors (Lipinski definition) is 2. The summed E-state index contributed by atoms with van der Waals surface area (Å²) in [7, 11) is 0. The van der Waals surface area contributed by atoms with Gasteiger partial charge in [0.05, 0.1) is 11.7 Å². The van der Waals surface area contributed by atoms with E-state index in [1.807, 2.05) is 0 Å². The first-order valence-corrected chi connectivity index (χ1v) is 8.52. The molecule has 0 bridgehead atoms. The Balaban J connectivity index is 1.74. The molecule has 0 saturated heterocycles. The number of benzene rings is 1. The minimum Gasteiger partial charge on any atom is -0.490 e. The lowest BCUT2D eigenvalue weighted by Crippen LogP contribution is -2.41. The molecule has 22 heavy (non-hydrogen) atoms. The number of halogens is 1. The van der Waals surface area contributed by atoms with Gasteiger partial charge in [-0.1, -0.05) is 11.6 Å². The van der Waals surface area contributed by atoms with Gasteiger partial charge in [-0.25, -0.2) is 0 Å². The molecule has 1 unspecified atom stereocenters. The first-order valence-electron chi connectivity index (χ1n) is 8.14. The third-order valence-corrected chi connectivity index (χ3v) is 4.78. The molecule has 4 nitrogen and oxygen atoms in total. The fourth-order valence-electron chi connectivity index (χ4n) is 3.08. The van der Waals surface area contributed by atoms with Gasteiger partial charge < -0.3 is 15.8 Å². The van der Waals surface area contributed by atoms with Crippen molar-refractivity contribution in [2.24, 2.45) is 11.7 Å². The summed E-state index contributed by atoms with van der Waals surface area (Å²) in [4.78, 5) is 12.6. The van der Waals surface area contributed by atoms with Gasteiger partial charge in [-0.3, -0.25) is 4.79 Å². The molecular weight excluding hydrogens is 300 g/mol. The van der Waals surface area contributed by atoms with Crippen LogP contribution in [0.15, 0.2) is 18.2 Å². The molecule has 1 amide bonds. The number of nitrogens with two attached hydrogens (primary N) is 1. The second kappa shape index (κ2) is 6.88. The Morgan fingerprint density at radius 1 is 1.32 bits per heavy atom. The van der Waals surface area contributed by atoms with E-state index in [-0.39, 0.29) is 18.1 Å². The number of rotatable bonds is 6. The van der Waals surface area contributed by atoms with E-state index in [9.17, 15) is 4.79 Å². The Labute approximate surface area is 136 Å². The van der Waals surface area contributed by atoms with Gasteiger partial charge in [0.1, 0.15) is 5.75 Å². The van der Waals surface area contributed by atoms with Gasteiger partial charge >= 0.3 is 0 Å². The molecule has 1 aromatic rings. The van der Waals surface area contributed by atoms with E-state index < -0.39 is 0 Å². The molecule has 0 spiro atoms. The van der Waals surface area contributed by atoms with E-state index >= 15 is 0 Å². The van der Waals surface area contributed by atoms with Gasteiger partial charge in [-0.2, -0.15) is 0 Å². The zero-order valence-electron chi connectivity index (χ0n) is 12.7. The maximum Gasteiger partial charge on any atom is 0.255 e. The van der Waals surface area contributed by atoms with Gasteiger partial charge in [0.2, 0.25) is 0 Å². The molecule has 0 radical (unpaired) electrons. The van der Waals surface area contributed by atoms with Crippen molar-refractivity contribution in [1.29, 1.82) is 0 Å². The van der Waals surface area contributed by atoms with Crippen LogP contribution in [0.3, 0.4) is 0 Å². The predicted octanol–water partition coefficient (Wildman–Crippen LogP) is 3.13. The molecule has 1 atom stereocenters. The van der Waals surface area contributed by atoms with Crippen molar-refractivity contribution in [3.8, 4) is 5.75 Å². The summed E-state index contributed by atoms with van der Waals surface area (Å²) >= 11 is 6.06.